The first-order chi connectivity index (χ1) is 11.7. The largest absolute Gasteiger partial charge is 0.353 e. The van der Waals surface area contributed by atoms with Gasteiger partial charge in [-0.15, -0.1) is 0 Å². The van der Waals surface area contributed by atoms with Gasteiger partial charge >= 0.3 is 0 Å². The highest BCUT2D eigenvalue weighted by Crippen LogP contribution is 2.48. The fourth-order valence-corrected chi connectivity index (χ4v) is 4.18. The second-order valence-corrected chi connectivity index (χ2v) is 7.54. The molecule has 1 aliphatic carbocycles. The Kier molecular flexibility index (Phi) is 4.14. The van der Waals surface area contributed by atoms with Crippen LogP contribution in [0, 0.1) is 5.82 Å². The molecule has 1 aromatic carbocycles. The minimum absolute atomic E-state index is 0.0786. The van der Waals surface area contributed by atoms with Crippen molar-refractivity contribution in [3.05, 3.63) is 58.0 Å². The number of nitrogens with zero attached hydrogens (tertiary/aromatic N) is 1. The van der Waals surface area contributed by atoms with Gasteiger partial charge in [0.25, 0.3) is 0 Å². The third-order valence-electron chi connectivity index (χ3n) is 5.30. The number of benzene rings is 1. The number of halogens is 1. The van der Waals surface area contributed by atoms with Crippen LogP contribution in [0.1, 0.15) is 36.4 Å². The van der Waals surface area contributed by atoms with Crippen molar-refractivity contribution in [2.45, 2.75) is 30.7 Å². The molecule has 1 amide bonds. The molecule has 126 valence electrons. The average molecular weight is 344 g/mol. The molecule has 1 unspecified atom stereocenters. The number of amides is 1. The molecule has 4 rings (SSSR count). The van der Waals surface area contributed by atoms with Gasteiger partial charge in [0.2, 0.25) is 5.91 Å². The fraction of sp³-hybridized carbons (Fsp3) is 0.421. The number of carbonyl (C=O) groups excluding carboxylic acids is 1. The minimum atomic E-state index is -0.443. The number of likely N-dealkylation sites (tertiary alicyclic amines) is 1. The van der Waals surface area contributed by atoms with E-state index in [4.69, 9.17) is 0 Å². The zero-order valence-corrected chi connectivity index (χ0v) is 14.3. The molecule has 24 heavy (non-hydrogen) atoms. The van der Waals surface area contributed by atoms with Gasteiger partial charge in [-0.25, -0.2) is 4.39 Å². The molecule has 2 aliphatic rings. The van der Waals surface area contributed by atoms with Crippen molar-refractivity contribution >= 4 is 17.2 Å². The zero-order chi connectivity index (χ0) is 16.6. The molecule has 0 bridgehead atoms. The zero-order valence-electron chi connectivity index (χ0n) is 13.5. The van der Waals surface area contributed by atoms with Crippen LogP contribution in [0.5, 0.6) is 0 Å². The highest BCUT2D eigenvalue weighted by atomic mass is 32.1. The van der Waals surface area contributed by atoms with E-state index in [9.17, 15) is 9.18 Å². The van der Waals surface area contributed by atoms with E-state index < -0.39 is 5.41 Å². The summed E-state index contributed by atoms with van der Waals surface area (Å²) in [6.07, 6.45) is 2.92. The first kappa shape index (κ1) is 15.8. The summed E-state index contributed by atoms with van der Waals surface area (Å²) >= 11 is 1.70. The van der Waals surface area contributed by atoms with Crippen LogP contribution in [-0.2, 0) is 10.2 Å². The molecule has 2 aromatic rings. The quantitative estimate of drug-likeness (QED) is 0.870. The maximum Gasteiger partial charge on any atom is 0.230 e. The maximum atomic E-state index is 13.1. The molecule has 1 N–H and O–H groups in total. The summed E-state index contributed by atoms with van der Waals surface area (Å²) in [6, 6.07) is 8.78. The van der Waals surface area contributed by atoms with E-state index >= 15 is 0 Å². The number of thiophene rings is 1. The van der Waals surface area contributed by atoms with Gasteiger partial charge in [-0.05, 0) is 59.3 Å². The molecule has 5 heteroatoms. The Morgan fingerprint density at radius 3 is 2.54 bits per heavy atom. The van der Waals surface area contributed by atoms with Gasteiger partial charge < -0.3 is 5.32 Å². The maximum absolute atomic E-state index is 13.1. The average Bonchev–Trinajstić information content (AvgIpc) is 3.17. The van der Waals surface area contributed by atoms with E-state index in [-0.39, 0.29) is 17.8 Å². The van der Waals surface area contributed by atoms with Crippen molar-refractivity contribution in [3.63, 3.8) is 0 Å². The molecule has 1 aromatic heterocycles. The van der Waals surface area contributed by atoms with Crippen LogP contribution in [0.3, 0.4) is 0 Å². The molecule has 1 aliphatic heterocycles. The molecular weight excluding hydrogens is 323 g/mol. The Hall–Kier alpha value is -1.72. The summed E-state index contributed by atoms with van der Waals surface area (Å²) in [5, 5.41) is 7.42. The molecular formula is C19H21FN2OS. The van der Waals surface area contributed by atoms with Gasteiger partial charge in [0.15, 0.2) is 0 Å². The van der Waals surface area contributed by atoms with Crippen molar-refractivity contribution < 1.29 is 9.18 Å². The van der Waals surface area contributed by atoms with Gasteiger partial charge in [0, 0.05) is 19.6 Å². The predicted octanol–water partition coefficient (Wildman–Crippen LogP) is 3.48. The van der Waals surface area contributed by atoms with Gasteiger partial charge in [0.05, 0.1) is 11.5 Å². The Morgan fingerprint density at radius 1 is 1.25 bits per heavy atom. The molecule has 0 radical (unpaired) electrons. The van der Waals surface area contributed by atoms with Crippen LogP contribution in [0.25, 0.3) is 0 Å². The van der Waals surface area contributed by atoms with Crippen molar-refractivity contribution in [2.75, 3.05) is 19.6 Å². The Morgan fingerprint density at radius 2 is 2.00 bits per heavy atom. The lowest BCUT2D eigenvalue weighted by molar-refractivity contribution is -0.123. The van der Waals surface area contributed by atoms with Crippen molar-refractivity contribution in [2.24, 2.45) is 0 Å². The van der Waals surface area contributed by atoms with Gasteiger partial charge in [0.1, 0.15) is 5.82 Å². The van der Waals surface area contributed by atoms with Crippen LogP contribution in [0.4, 0.5) is 4.39 Å². The number of carbonyl (C=O) groups is 1. The summed E-state index contributed by atoms with van der Waals surface area (Å²) in [6.45, 7) is 2.83. The van der Waals surface area contributed by atoms with Crippen LogP contribution in [0.2, 0.25) is 0 Å². The lowest BCUT2D eigenvalue weighted by atomic mass is 9.94. The van der Waals surface area contributed by atoms with E-state index in [2.05, 4.69) is 27.0 Å². The molecule has 3 nitrogen and oxygen atoms in total. The third kappa shape index (κ3) is 2.87. The van der Waals surface area contributed by atoms with Gasteiger partial charge in [-0.1, -0.05) is 12.1 Å². The summed E-state index contributed by atoms with van der Waals surface area (Å²) in [5.41, 5.74) is 1.77. The van der Waals surface area contributed by atoms with Crippen LogP contribution in [0.15, 0.2) is 41.1 Å². The second kappa shape index (κ2) is 6.30. The van der Waals surface area contributed by atoms with E-state index in [1.807, 2.05) is 0 Å². The van der Waals surface area contributed by atoms with Crippen LogP contribution >= 0.6 is 11.3 Å². The second-order valence-electron chi connectivity index (χ2n) is 6.76. The van der Waals surface area contributed by atoms with Crippen LogP contribution in [-0.4, -0.2) is 30.4 Å². The number of nitrogens with one attached hydrogen (secondary N) is 1. The highest BCUT2D eigenvalue weighted by Gasteiger charge is 2.51. The smallest absolute Gasteiger partial charge is 0.230 e. The fourth-order valence-electron chi connectivity index (χ4n) is 3.47. The third-order valence-corrected chi connectivity index (χ3v) is 6.00. The molecule has 0 spiro atoms. The monoisotopic (exact) mass is 344 g/mol. The van der Waals surface area contributed by atoms with E-state index in [0.717, 1.165) is 31.5 Å². The minimum Gasteiger partial charge on any atom is -0.353 e. The van der Waals surface area contributed by atoms with Crippen LogP contribution < -0.4 is 5.32 Å². The molecule has 1 atom stereocenters. The van der Waals surface area contributed by atoms with E-state index in [1.54, 1.807) is 23.5 Å². The van der Waals surface area contributed by atoms with Crippen molar-refractivity contribution in [1.29, 1.82) is 0 Å². The van der Waals surface area contributed by atoms with Gasteiger partial charge in [-0.3, -0.25) is 9.69 Å². The van der Waals surface area contributed by atoms with E-state index in [1.165, 1.54) is 24.1 Å². The molecule has 2 fully saturated rings. The molecule has 1 saturated heterocycles. The lowest BCUT2D eigenvalue weighted by Gasteiger charge is -2.38. The summed E-state index contributed by atoms with van der Waals surface area (Å²) in [5.74, 6) is -0.180. The topological polar surface area (TPSA) is 32.3 Å². The summed E-state index contributed by atoms with van der Waals surface area (Å²) in [7, 11) is 0. The Bertz CT molecular complexity index is 705. The van der Waals surface area contributed by atoms with Crippen molar-refractivity contribution in [1.82, 2.24) is 10.2 Å². The number of hydrogen-bond donors (Lipinski definition) is 1. The normalized spacial score (nSPS) is 20.2. The van der Waals surface area contributed by atoms with E-state index in [0.29, 0.717) is 6.54 Å². The van der Waals surface area contributed by atoms with Gasteiger partial charge in [-0.2, -0.15) is 11.3 Å². The molecule has 1 saturated carbocycles. The SMILES string of the molecule is O=C(NCC(c1ccsc1)N1CCC1)C1(c2ccc(F)cc2)CC1. The Labute approximate surface area is 145 Å². The summed E-state index contributed by atoms with van der Waals surface area (Å²) < 4.78 is 13.1. The number of hydrogen-bond acceptors (Lipinski definition) is 3. The molecule has 2 heterocycles. The highest BCUT2D eigenvalue weighted by molar-refractivity contribution is 7.07. The Balaban J connectivity index is 1.44. The standard InChI is InChI=1S/C19H21FN2OS/c20-16-4-2-15(3-5-16)19(7-8-19)18(23)21-12-17(22-9-1-10-22)14-6-11-24-13-14/h2-6,11,13,17H,1,7-10,12H2,(H,21,23). The lowest BCUT2D eigenvalue weighted by Crippen LogP contribution is -2.46. The number of rotatable bonds is 6. The summed E-state index contributed by atoms with van der Waals surface area (Å²) in [4.78, 5) is 15.2. The first-order valence-electron chi connectivity index (χ1n) is 8.49. The van der Waals surface area contributed by atoms with Crippen molar-refractivity contribution in [3.8, 4) is 0 Å². The first-order valence-corrected chi connectivity index (χ1v) is 9.44. The predicted molar refractivity (Wildman–Crippen MR) is 93.6 cm³/mol.